The molecular formula is C26H35N3O2. The van der Waals surface area contributed by atoms with Crippen LogP contribution >= 0.6 is 0 Å². The predicted molar refractivity (Wildman–Crippen MR) is 126 cm³/mol. The SMILES string of the molecule is CNCN(CC1CO1)c1ccc(Cc2ccc(N(CCC3CC3)CC3CO3)cc2)cc1. The molecule has 2 aromatic carbocycles. The van der Waals surface area contributed by atoms with Crippen molar-refractivity contribution < 1.29 is 9.47 Å². The molecule has 5 nitrogen and oxygen atoms in total. The fourth-order valence-electron chi connectivity index (χ4n) is 4.25. The summed E-state index contributed by atoms with van der Waals surface area (Å²) < 4.78 is 10.9. The highest BCUT2D eigenvalue weighted by atomic mass is 16.6. The number of rotatable bonds is 13. The molecule has 2 aromatic rings. The van der Waals surface area contributed by atoms with E-state index >= 15 is 0 Å². The summed E-state index contributed by atoms with van der Waals surface area (Å²) in [7, 11) is 1.99. The molecule has 1 N–H and O–H groups in total. The second-order valence-electron chi connectivity index (χ2n) is 9.33. The first-order valence-electron chi connectivity index (χ1n) is 11.8. The number of anilines is 2. The summed E-state index contributed by atoms with van der Waals surface area (Å²) in [5, 5.41) is 3.26. The molecule has 3 aliphatic rings. The normalized spacial score (nSPS) is 21.7. The molecule has 5 rings (SSSR count). The topological polar surface area (TPSA) is 43.6 Å². The second kappa shape index (κ2) is 9.60. The van der Waals surface area contributed by atoms with Gasteiger partial charge in [-0.05, 0) is 61.2 Å². The molecule has 3 fully saturated rings. The average Bonchev–Trinajstić information content (AvgIpc) is 3.62. The molecule has 0 radical (unpaired) electrons. The van der Waals surface area contributed by atoms with Crippen molar-refractivity contribution >= 4 is 11.4 Å². The van der Waals surface area contributed by atoms with Crippen molar-refractivity contribution in [2.45, 2.75) is 37.9 Å². The highest BCUT2D eigenvalue weighted by Crippen LogP contribution is 2.33. The monoisotopic (exact) mass is 421 g/mol. The van der Waals surface area contributed by atoms with Crippen molar-refractivity contribution in [2.24, 2.45) is 5.92 Å². The first-order valence-corrected chi connectivity index (χ1v) is 11.8. The zero-order valence-corrected chi connectivity index (χ0v) is 18.6. The molecule has 0 spiro atoms. The van der Waals surface area contributed by atoms with Crippen LogP contribution < -0.4 is 15.1 Å². The van der Waals surface area contributed by atoms with E-state index in [9.17, 15) is 0 Å². The van der Waals surface area contributed by atoms with E-state index in [4.69, 9.17) is 9.47 Å². The molecule has 31 heavy (non-hydrogen) atoms. The van der Waals surface area contributed by atoms with Gasteiger partial charge in [0.1, 0.15) is 0 Å². The number of hydrogen-bond acceptors (Lipinski definition) is 5. The third-order valence-corrected chi connectivity index (χ3v) is 6.52. The lowest BCUT2D eigenvalue weighted by molar-refractivity contribution is 0.406. The van der Waals surface area contributed by atoms with Crippen molar-refractivity contribution in [3.63, 3.8) is 0 Å². The lowest BCUT2D eigenvalue weighted by atomic mass is 10.0. The van der Waals surface area contributed by atoms with Crippen molar-refractivity contribution in [1.29, 1.82) is 0 Å². The number of hydrogen-bond donors (Lipinski definition) is 1. The van der Waals surface area contributed by atoms with E-state index in [0.29, 0.717) is 12.2 Å². The van der Waals surface area contributed by atoms with E-state index in [1.54, 1.807) is 0 Å². The summed E-state index contributed by atoms with van der Waals surface area (Å²) in [6, 6.07) is 18.2. The molecule has 2 atom stereocenters. The third-order valence-electron chi connectivity index (χ3n) is 6.52. The maximum absolute atomic E-state index is 5.50. The first-order chi connectivity index (χ1) is 15.3. The van der Waals surface area contributed by atoms with Gasteiger partial charge >= 0.3 is 0 Å². The summed E-state index contributed by atoms with van der Waals surface area (Å²) in [6.07, 6.45) is 5.96. The first kappa shape index (κ1) is 20.8. The Hall–Kier alpha value is -2.08. The minimum atomic E-state index is 0.391. The molecule has 2 saturated heterocycles. The lowest BCUT2D eigenvalue weighted by Crippen LogP contribution is -2.35. The van der Waals surface area contributed by atoms with E-state index in [0.717, 1.165) is 51.9 Å². The van der Waals surface area contributed by atoms with Gasteiger partial charge < -0.3 is 24.6 Å². The van der Waals surface area contributed by atoms with Crippen LogP contribution in [-0.2, 0) is 15.9 Å². The summed E-state index contributed by atoms with van der Waals surface area (Å²) in [6.45, 7) is 5.78. The molecule has 5 heteroatoms. The van der Waals surface area contributed by atoms with Crippen LogP contribution in [0.3, 0.4) is 0 Å². The van der Waals surface area contributed by atoms with Crippen molar-refractivity contribution in [3.8, 4) is 0 Å². The summed E-state index contributed by atoms with van der Waals surface area (Å²) in [5.41, 5.74) is 5.29. The molecule has 2 heterocycles. The van der Waals surface area contributed by atoms with Gasteiger partial charge in [-0.2, -0.15) is 0 Å². The molecule has 2 unspecified atom stereocenters. The molecule has 1 aliphatic carbocycles. The highest BCUT2D eigenvalue weighted by Gasteiger charge is 2.28. The molecule has 0 amide bonds. The Labute approximate surface area is 186 Å². The van der Waals surface area contributed by atoms with E-state index in [1.165, 1.54) is 41.8 Å². The minimum absolute atomic E-state index is 0.391. The van der Waals surface area contributed by atoms with E-state index in [2.05, 4.69) is 63.6 Å². The van der Waals surface area contributed by atoms with Gasteiger partial charge in [-0.3, -0.25) is 0 Å². The Kier molecular flexibility index (Phi) is 6.44. The Morgan fingerprint density at radius 2 is 1.32 bits per heavy atom. The molecule has 0 bridgehead atoms. The van der Waals surface area contributed by atoms with Gasteiger partial charge in [0, 0.05) is 31.0 Å². The van der Waals surface area contributed by atoms with Crippen LogP contribution in [-0.4, -0.2) is 58.8 Å². The molecule has 2 aliphatic heterocycles. The number of epoxide rings is 2. The summed E-state index contributed by atoms with van der Waals surface area (Å²) in [4.78, 5) is 4.87. The fourth-order valence-corrected chi connectivity index (χ4v) is 4.25. The zero-order valence-electron chi connectivity index (χ0n) is 18.6. The largest absolute Gasteiger partial charge is 0.371 e. The highest BCUT2D eigenvalue weighted by molar-refractivity contribution is 5.50. The minimum Gasteiger partial charge on any atom is -0.371 e. The van der Waals surface area contributed by atoms with Gasteiger partial charge in [0.2, 0.25) is 0 Å². The van der Waals surface area contributed by atoms with Crippen LogP contribution in [0.4, 0.5) is 11.4 Å². The number of nitrogens with zero attached hydrogens (tertiary/aromatic N) is 2. The van der Waals surface area contributed by atoms with Crippen molar-refractivity contribution in [1.82, 2.24) is 5.32 Å². The molecule has 166 valence electrons. The van der Waals surface area contributed by atoms with Crippen LogP contribution in [0.15, 0.2) is 48.5 Å². The number of benzene rings is 2. The Bertz CT molecular complexity index is 827. The van der Waals surface area contributed by atoms with Gasteiger partial charge in [0.05, 0.1) is 32.1 Å². The van der Waals surface area contributed by atoms with E-state index in [1.807, 2.05) is 7.05 Å². The average molecular weight is 422 g/mol. The van der Waals surface area contributed by atoms with Gasteiger partial charge in [-0.15, -0.1) is 0 Å². The lowest BCUT2D eigenvalue weighted by Gasteiger charge is -2.24. The number of nitrogens with one attached hydrogen (secondary N) is 1. The maximum atomic E-state index is 5.50. The van der Waals surface area contributed by atoms with Gasteiger partial charge in [-0.25, -0.2) is 0 Å². The maximum Gasteiger partial charge on any atom is 0.0984 e. The van der Waals surface area contributed by atoms with Gasteiger partial charge in [0.25, 0.3) is 0 Å². The molecule has 0 aromatic heterocycles. The van der Waals surface area contributed by atoms with Gasteiger partial charge in [0.15, 0.2) is 0 Å². The van der Waals surface area contributed by atoms with E-state index < -0.39 is 0 Å². The standard InChI is InChI=1S/C26H35N3O2/c1-27-19-29(16-26-18-31-26)24-10-6-22(7-11-24)14-21-4-8-23(9-5-21)28(15-25-17-30-25)13-12-20-2-3-20/h4-11,20,25-27H,2-3,12-19H2,1H3. The van der Waals surface area contributed by atoms with Crippen LogP contribution in [0.5, 0.6) is 0 Å². The van der Waals surface area contributed by atoms with E-state index in [-0.39, 0.29) is 0 Å². The Morgan fingerprint density at radius 1 is 0.806 bits per heavy atom. The van der Waals surface area contributed by atoms with Crippen LogP contribution in [0.2, 0.25) is 0 Å². The zero-order chi connectivity index (χ0) is 21.0. The number of ether oxygens (including phenoxy) is 2. The Morgan fingerprint density at radius 3 is 1.81 bits per heavy atom. The van der Waals surface area contributed by atoms with Crippen molar-refractivity contribution in [2.75, 3.05) is 56.4 Å². The van der Waals surface area contributed by atoms with Crippen LogP contribution in [0.25, 0.3) is 0 Å². The predicted octanol–water partition coefficient (Wildman–Crippen LogP) is 3.66. The fraction of sp³-hybridized carbons (Fsp3) is 0.538. The molecule has 1 saturated carbocycles. The second-order valence-corrected chi connectivity index (χ2v) is 9.33. The van der Waals surface area contributed by atoms with Crippen LogP contribution in [0.1, 0.15) is 30.4 Å². The summed E-state index contributed by atoms with van der Waals surface area (Å²) >= 11 is 0. The van der Waals surface area contributed by atoms with Crippen LogP contribution in [0, 0.1) is 5.92 Å². The van der Waals surface area contributed by atoms with Crippen molar-refractivity contribution in [3.05, 3.63) is 59.7 Å². The Balaban J connectivity index is 1.19. The quantitative estimate of drug-likeness (QED) is 0.395. The third kappa shape index (κ3) is 6.22. The smallest absolute Gasteiger partial charge is 0.0984 e. The molecular weight excluding hydrogens is 386 g/mol. The summed E-state index contributed by atoms with van der Waals surface area (Å²) in [5.74, 6) is 0.964. The van der Waals surface area contributed by atoms with Gasteiger partial charge in [-0.1, -0.05) is 37.1 Å².